The van der Waals surface area contributed by atoms with E-state index in [1.165, 1.54) is 23.9 Å². The van der Waals surface area contributed by atoms with Crippen molar-refractivity contribution in [2.75, 3.05) is 5.75 Å². The standard InChI is InChI=1S/C9H10N2O3S/c10-9(14)11-8(13)5-15-7-3-1-6(12)2-4-7/h1-4,12H,5H2,(H3,10,11,13,14). The predicted molar refractivity (Wildman–Crippen MR) is 56.6 cm³/mol. The fraction of sp³-hybridized carbons (Fsp3) is 0.111. The van der Waals surface area contributed by atoms with Crippen LogP contribution in [-0.4, -0.2) is 22.8 Å². The van der Waals surface area contributed by atoms with Gasteiger partial charge in [-0.3, -0.25) is 10.1 Å². The van der Waals surface area contributed by atoms with Crippen molar-refractivity contribution in [2.24, 2.45) is 5.73 Å². The number of nitrogens with one attached hydrogen (secondary N) is 1. The molecule has 1 aromatic rings. The number of urea groups is 1. The summed E-state index contributed by atoms with van der Waals surface area (Å²) in [7, 11) is 0. The Bertz CT molecular complexity index is 364. The summed E-state index contributed by atoms with van der Waals surface area (Å²) in [4.78, 5) is 22.2. The molecule has 4 N–H and O–H groups in total. The maximum Gasteiger partial charge on any atom is 0.318 e. The van der Waals surface area contributed by atoms with E-state index in [0.29, 0.717) is 0 Å². The summed E-state index contributed by atoms with van der Waals surface area (Å²) in [6.45, 7) is 0. The van der Waals surface area contributed by atoms with Crippen molar-refractivity contribution in [3.63, 3.8) is 0 Å². The third kappa shape index (κ3) is 4.37. The number of thioether (sulfide) groups is 1. The van der Waals surface area contributed by atoms with Crippen LogP contribution in [0.3, 0.4) is 0 Å². The number of phenols is 1. The van der Waals surface area contributed by atoms with Crippen molar-refractivity contribution < 1.29 is 14.7 Å². The lowest BCUT2D eigenvalue weighted by atomic mass is 10.3. The molecule has 6 heteroatoms. The first kappa shape index (κ1) is 11.4. The lowest BCUT2D eigenvalue weighted by molar-refractivity contribution is -0.117. The van der Waals surface area contributed by atoms with Gasteiger partial charge < -0.3 is 10.8 Å². The van der Waals surface area contributed by atoms with Crippen LogP contribution in [0.5, 0.6) is 5.75 Å². The van der Waals surface area contributed by atoms with Gasteiger partial charge in [0.15, 0.2) is 0 Å². The van der Waals surface area contributed by atoms with E-state index < -0.39 is 11.9 Å². The summed E-state index contributed by atoms with van der Waals surface area (Å²) in [6.07, 6.45) is 0. The van der Waals surface area contributed by atoms with E-state index in [1.54, 1.807) is 12.1 Å². The molecule has 1 rings (SSSR count). The number of primary amides is 1. The molecule has 0 radical (unpaired) electrons. The van der Waals surface area contributed by atoms with Crippen LogP contribution < -0.4 is 11.1 Å². The number of nitrogens with two attached hydrogens (primary N) is 1. The van der Waals surface area contributed by atoms with Crippen LogP contribution in [0.4, 0.5) is 4.79 Å². The zero-order valence-electron chi connectivity index (χ0n) is 7.77. The molecule has 0 aliphatic carbocycles. The Balaban J connectivity index is 2.40. The number of hydrogen-bond acceptors (Lipinski definition) is 4. The minimum atomic E-state index is -0.855. The van der Waals surface area contributed by atoms with Gasteiger partial charge >= 0.3 is 6.03 Å². The maximum atomic E-state index is 11.0. The SMILES string of the molecule is NC(=O)NC(=O)CSc1ccc(O)cc1. The van der Waals surface area contributed by atoms with E-state index >= 15 is 0 Å². The number of carbonyl (C=O) groups excluding carboxylic acids is 2. The van der Waals surface area contributed by atoms with Gasteiger partial charge in [-0.1, -0.05) is 0 Å². The first-order valence-corrected chi connectivity index (χ1v) is 5.07. The molecule has 0 aliphatic rings. The molecule has 3 amide bonds. The Morgan fingerprint density at radius 3 is 2.47 bits per heavy atom. The number of phenolic OH excluding ortho intramolecular Hbond substituents is 1. The van der Waals surface area contributed by atoms with Crippen LogP contribution in [-0.2, 0) is 4.79 Å². The largest absolute Gasteiger partial charge is 0.508 e. The third-order valence-electron chi connectivity index (χ3n) is 1.47. The highest BCUT2D eigenvalue weighted by molar-refractivity contribution is 8.00. The second-order valence-electron chi connectivity index (χ2n) is 2.70. The van der Waals surface area contributed by atoms with Crippen LogP contribution in [0.2, 0.25) is 0 Å². The Hall–Kier alpha value is -1.69. The monoisotopic (exact) mass is 226 g/mol. The summed E-state index contributed by atoms with van der Waals surface area (Å²) < 4.78 is 0. The van der Waals surface area contributed by atoms with E-state index in [1.807, 2.05) is 5.32 Å². The van der Waals surface area contributed by atoms with Gasteiger partial charge in [0.05, 0.1) is 5.75 Å². The minimum absolute atomic E-state index is 0.105. The molecule has 5 nitrogen and oxygen atoms in total. The first-order valence-electron chi connectivity index (χ1n) is 4.09. The predicted octanol–water partition coefficient (Wildman–Crippen LogP) is 0.679. The number of aromatic hydroxyl groups is 1. The molecule has 0 bridgehead atoms. The molecular formula is C9H10N2O3S. The Labute approximate surface area is 90.7 Å². The normalized spacial score (nSPS) is 9.60. The lowest BCUT2D eigenvalue weighted by Gasteiger charge is -2.01. The Kier molecular flexibility index (Phi) is 3.99. The second-order valence-corrected chi connectivity index (χ2v) is 3.74. The Morgan fingerprint density at radius 2 is 1.93 bits per heavy atom. The number of amides is 3. The lowest BCUT2D eigenvalue weighted by Crippen LogP contribution is -2.36. The van der Waals surface area contributed by atoms with Gasteiger partial charge in [0.2, 0.25) is 5.91 Å². The van der Waals surface area contributed by atoms with E-state index in [2.05, 4.69) is 0 Å². The number of hydrogen-bond donors (Lipinski definition) is 3. The van der Waals surface area contributed by atoms with Gasteiger partial charge in [0, 0.05) is 4.90 Å². The van der Waals surface area contributed by atoms with Crippen LogP contribution >= 0.6 is 11.8 Å². The van der Waals surface area contributed by atoms with Gasteiger partial charge in [0.25, 0.3) is 0 Å². The van der Waals surface area contributed by atoms with Gasteiger partial charge in [-0.25, -0.2) is 4.79 Å². The maximum absolute atomic E-state index is 11.0. The van der Waals surface area contributed by atoms with Crippen LogP contribution in [0, 0.1) is 0 Å². The van der Waals surface area contributed by atoms with Crippen LogP contribution in [0.25, 0.3) is 0 Å². The molecule has 0 saturated carbocycles. The molecule has 0 spiro atoms. The van der Waals surface area contributed by atoms with E-state index in [4.69, 9.17) is 10.8 Å². The minimum Gasteiger partial charge on any atom is -0.508 e. The van der Waals surface area contributed by atoms with Crippen molar-refractivity contribution in [3.8, 4) is 5.75 Å². The molecule has 0 unspecified atom stereocenters. The van der Waals surface area contributed by atoms with Crippen LogP contribution in [0.15, 0.2) is 29.2 Å². The number of carbonyl (C=O) groups is 2. The third-order valence-corrected chi connectivity index (χ3v) is 2.48. The highest BCUT2D eigenvalue weighted by Crippen LogP contribution is 2.20. The van der Waals surface area contributed by atoms with Gasteiger partial charge in [-0.05, 0) is 24.3 Å². The molecule has 1 aromatic carbocycles. The zero-order chi connectivity index (χ0) is 11.3. The average Bonchev–Trinajstić information content (AvgIpc) is 2.16. The average molecular weight is 226 g/mol. The second kappa shape index (κ2) is 5.26. The van der Waals surface area contributed by atoms with Crippen molar-refractivity contribution in [1.82, 2.24) is 5.32 Å². The summed E-state index contributed by atoms with van der Waals surface area (Å²) in [5.74, 6) is -0.172. The molecule has 0 heterocycles. The fourth-order valence-corrected chi connectivity index (χ4v) is 1.56. The summed E-state index contributed by atoms with van der Waals surface area (Å²) in [5.41, 5.74) is 4.77. The van der Waals surface area contributed by atoms with Crippen molar-refractivity contribution in [2.45, 2.75) is 4.90 Å². The summed E-state index contributed by atoms with van der Waals surface area (Å²) in [5, 5.41) is 11.0. The molecule has 0 aromatic heterocycles. The molecular weight excluding hydrogens is 216 g/mol. The van der Waals surface area contributed by atoms with Crippen molar-refractivity contribution >= 4 is 23.7 Å². The number of rotatable bonds is 3. The topological polar surface area (TPSA) is 92.4 Å². The summed E-state index contributed by atoms with van der Waals surface area (Å²) >= 11 is 1.25. The first-order chi connectivity index (χ1) is 7.08. The smallest absolute Gasteiger partial charge is 0.318 e. The Morgan fingerprint density at radius 1 is 1.33 bits per heavy atom. The number of benzene rings is 1. The zero-order valence-corrected chi connectivity index (χ0v) is 8.58. The van der Waals surface area contributed by atoms with Crippen LogP contribution in [0.1, 0.15) is 0 Å². The van der Waals surface area contributed by atoms with E-state index in [-0.39, 0.29) is 11.5 Å². The highest BCUT2D eigenvalue weighted by atomic mass is 32.2. The highest BCUT2D eigenvalue weighted by Gasteiger charge is 2.04. The quantitative estimate of drug-likeness (QED) is 0.661. The molecule has 80 valence electrons. The molecule has 15 heavy (non-hydrogen) atoms. The molecule has 0 saturated heterocycles. The molecule has 0 atom stereocenters. The van der Waals surface area contributed by atoms with Crippen molar-refractivity contribution in [3.05, 3.63) is 24.3 Å². The number of imide groups is 1. The molecule has 0 fully saturated rings. The fourth-order valence-electron chi connectivity index (χ4n) is 0.865. The molecule has 0 aliphatic heterocycles. The summed E-state index contributed by atoms with van der Waals surface area (Å²) in [6, 6.07) is 5.55. The van der Waals surface area contributed by atoms with Gasteiger partial charge in [-0.2, -0.15) is 0 Å². The van der Waals surface area contributed by atoms with E-state index in [9.17, 15) is 9.59 Å². The van der Waals surface area contributed by atoms with Gasteiger partial charge in [-0.15, -0.1) is 11.8 Å². The van der Waals surface area contributed by atoms with E-state index in [0.717, 1.165) is 4.90 Å². The van der Waals surface area contributed by atoms with Gasteiger partial charge in [0.1, 0.15) is 5.75 Å². The van der Waals surface area contributed by atoms with Crippen molar-refractivity contribution in [1.29, 1.82) is 0 Å².